The van der Waals surface area contributed by atoms with Gasteiger partial charge in [-0.15, -0.1) is 0 Å². The zero-order valence-corrected chi connectivity index (χ0v) is 10.6. The minimum atomic E-state index is -0.686. The molecule has 1 rings (SSSR count). The molecule has 16 heavy (non-hydrogen) atoms. The van der Waals surface area contributed by atoms with Crippen molar-refractivity contribution in [2.45, 2.75) is 25.9 Å². The summed E-state index contributed by atoms with van der Waals surface area (Å²) in [4.78, 5) is 15.0. The molecular weight excluding hydrogens is 274 g/mol. The Kier molecular flexibility index (Phi) is 5.42. The zero-order chi connectivity index (χ0) is 12.0. The Labute approximate surface area is 103 Å². The predicted octanol–water partition coefficient (Wildman–Crippen LogP) is 2.22. The van der Waals surface area contributed by atoms with Crippen molar-refractivity contribution in [3.8, 4) is 0 Å². The van der Waals surface area contributed by atoms with E-state index in [1.807, 2.05) is 0 Å². The van der Waals surface area contributed by atoms with E-state index >= 15 is 0 Å². The van der Waals surface area contributed by atoms with Crippen molar-refractivity contribution in [3.05, 3.63) is 28.5 Å². The number of carbonyl (C=O) groups excluding carboxylic acids is 1. The Morgan fingerprint density at radius 1 is 1.62 bits per heavy atom. The van der Waals surface area contributed by atoms with Gasteiger partial charge in [0.1, 0.15) is 0 Å². The van der Waals surface area contributed by atoms with E-state index in [1.165, 1.54) is 0 Å². The first-order chi connectivity index (χ1) is 7.63. The minimum absolute atomic E-state index is 0.210. The first-order valence-electron chi connectivity index (χ1n) is 5.07. The van der Waals surface area contributed by atoms with Gasteiger partial charge in [0.05, 0.1) is 12.7 Å². The van der Waals surface area contributed by atoms with Crippen LogP contribution in [0.4, 0.5) is 0 Å². The number of aromatic nitrogens is 1. The number of nitrogens with zero attached hydrogens (tertiary/aromatic N) is 1. The van der Waals surface area contributed by atoms with Crippen LogP contribution in [0.25, 0.3) is 0 Å². The molecule has 0 saturated heterocycles. The van der Waals surface area contributed by atoms with Gasteiger partial charge in [0, 0.05) is 23.3 Å². The van der Waals surface area contributed by atoms with Crippen LogP contribution >= 0.6 is 15.9 Å². The van der Waals surface area contributed by atoms with E-state index < -0.39 is 6.10 Å². The number of halogens is 1. The van der Waals surface area contributed by atoms with Gasteiger partial charge in [-0.05, 0) is 40.9 Å². The normalized spacial score (nSPS) is 12.2. The van der Waals surface area contributed by atoms with Gasteiger partial charge < -0.3 is 9.84 Å². The predicted molar refractivity (Wildman–Crippen MR) is 62.8 cm³/mol. The maximum absolute atomic E-state index is 11.1. The molecule has 88 valence electrons. The topological polar surface area (TPSA) is 59.4 Å². The molecule has 1 unspecified atom stereocenters. The maximum atomic E-state index is 11.1. The van der Waals surface area contributed by atoms with Crippen LogP contribution in [0.3, 0.4) is 0 Å². The lowest BCUT2D eigenvalue weighted by Gasteiger charge is -2.10. The van der Waals surface area contributed by atoms with Crippen LogP contribution in [0.1, 0.15) is 31.4 Å². The lowest BCUT2D eigenvalue weighted by molar-refractivity contribution is -0.143. The Hall–Kier alpha value is -0.940. The Balaban J connectivity index is 2.46. The lowest BCUT2D eigenvalue weighted by atomic mass is 10.1. The fourth-order valence-electron chi connectivity index (χ4n) is 1.26. The number of carbonyl (C=O) groups is 1. The van der Waals surface area contributed by atoms with Gasteiger partial charge in [0.15, 0.2) is 0 Å². The fraction of sp³-hybridized carbons (Fsp3) is 0.455. The van der Waals surface area contributed by atoms with E-state index in [2.05, 4.69) is 20.9 Å². The fourth-order valence-corrected chi connectivity index (χ4v) is 1.65. The molecule has 0 bridgehead atoms. The third kappa shape index (κ3) is 4.28. The Morgan fingerprint density at radius 3 is 3.00 bits per heavy atom. The van der Waals surface area contributed by atoms with Crippen LogP contribution in [0.15, 0.2) is 22.9 Å². The van der Waals surface area contributed by atoms with Gasteiger partial charge in [-0.2, -0.15) is 0 Å². The van der Waals surface area contributed by atoms with Gasteiger partial charge in [0.25, 0.3) is 0 Å². The van der Waals surface area contributed by atoms with Crippen molar-refractivity contribution in [3.63, 3.8) is 0 Å². The molecule has 1 N–H and O–H groups in total. The average Bonchev–Trinajstić information content (AvgIpc) is 2.26. The number of pyridine rings is 1. The van der Waals surface area contributed by atoms with Gasteiger partial charge in [0.2, 0.25) is 0 Å². The molecule has 0 amide bonds. The van der Waals surface area contributed by atoms with Gasteiger partial charge >= 0.3 is 5.97 Å². The molecule has 0 radical (unpaired) electrons. The second-order valence-corrected chi connectivity index (χ2v) is 4.21. The van der Waals surface area contributed by atoms with Gasteiger partial charge in [-0.1, -0.05) is 0 Å². The SMILES string of the molecule is CCOC(=O)CCC(O)c1cncc(Br)c1. The van der Waals surface area contributed by atoms with Crippen molar-refractivity contribution in [2.24, 2.45) is 0 Å². The summed E-state index contributed by atoms with van der Waals surface area (Å²) >= 11 is 3.27. The number of rotatable bonds is 5. The van der Waals surface area contributed by atoms with E-state index in [4.69, 9.17) is 4.74 Å². The second-order valence-electron chi connectivity index (χ2n) is 3.30. The molecule has 0 aromatic carbocycles. The zero-order valence-electron chi connectivity index (χ0n) is 9.02. The highest BCUT2D eigenvalue weighted by Gasteiger charge is 2.11. The number of aliphatic hydroxyl groups excluding tert-OH is 1. The Bertz CT molecular complexity index is 357. The third-order valence-corrected chi connectivity index (χ3v) is 2.47. The molecule has 5 heteroatoms. The minimum Gasteiger partial charge on any atom is -0.466 e. The van der Waals surface area contributed by atoms with Gasteiger partial charge in [-0.3, -0.25) is 9.78 Å². The summed E-state index contributed by atoms with van der Waals surface area (Å²) in [6.45, 7) is 2.12. The average molecular weight is 288 g/mol. The van der Waals surface area contributed by atoms with E-state index in [9.17, 15) is 9.90 Å². The van der Waals surface area contributed by atoms with Crippen molar-refractivity contribution in [1.82, 2.24) is 4.98 Å². The summed E-state index contributed by atoms with van der Waals surface area (Å²) in [5.74, 6) is -0.287. The largest absolute Gasteiger partial charge is 0.466 e. The summed E-state index contributed by atoms with van der Waals surface area (Å²) in [5, 5.41) is 9.79. The molecule has 1 aromatic rings. The van der Waals surface area contributed by atoms with Crippen LogP contribution in [0.5, 0.6) is 0 Å². The number of ether oxygens (including phenoxy) is 1. The van der Waals surface area contributed by atoms with Crippen molar-refractivity contribution in [2.75, 3.05) is 6.61 Å². The standard InChI is InChI=1S/C11H14BrNO3/c1-2-16-11(15)4-3-10(14)8-5-9(12)7-13-6-8/h5-7,10,14H,2-4H2,1H3. The van der Waals surface area contributed by atoms with Crippen LogP contribution < -0.4 is 0 Å². The van der Waals surface area contributed by atoms with Crippen molar-refractivity contribution in [1.29, 1.82) is 0 Å². The molecule has 1 heterocycles. The van der Waals surface area contributed by atoms with E-state index in [0.29, 0.717) is 18.6 Å². The summed E-state index contributed by atoms with van der Waals surface area (Å²) in [6.07, 6.45) is 3.09. The third-order valence-electron chi connectivity index (χ3n) is 2.04. The van der Waals surface area contributed by atoms with E-state index in [-0.39, 0.29) is 12.4 Å². The number of hydrogen-bond acceptors (Lipinski definition) is 4. The highest BCUT2D eigenvalue weighted by Crippen LogP contribution is 2.20. The van der Waals surface area contributed by atoms with Crippen molar-refractivity contribution < 1.29 is 14.6 Å². The second kappa shape index (κ2) is 6.60. The summed E-state index contributed by atoms with van der Waals surface area (Å²) < 4.78 is 5.58. The first kappa shape index (κ1) is 13.1. The molecule has 0 spiro atoms. The number of esters is 1. The molecular formula is C11H14BrNO3. The molecule has 0 fully saturated rings. The first-order valence-corrected chi connectivity index (χ1v) is 5.87. The monoisotopic (exact) mass is 287 g/mol. The summed E-state index contributed by atoms with van der Waals surface area (Å²) in [7, 11) is 0. The van der Waals surface area contributed by atoms with Crippen LogP contribution in [-0.2, 0) is 9.53 Å². The van der Waals surface area contributed by atoms with E-state index in [1.54, 1.807) is 25.4 Å². The quantitative estimate of drug-likeness (QED) is 0.844. The van der Waals surface area contributed by atoms with Crippen LogP contribution in [-0.4, -0.2) is 22.7 Å². The van der Waals surface area contributed by atoms with Crippen molar-refractivity contribution >= 4 is 21.9 Å². The van der Waals surface area contributed by atoms with Crippen LogP contribution in [0.2, 0.25) is 0 Å². The lowest BCUT2D eigenvalue weighted by Crippen LogP contribution is -2.07. The molecule has 4 nitrogen and oxygen atoms in total. The summed E-state index contributed by atoms with van der Waals surface area (Å²) in [6, 6.07) is 1.78. The summed E-state index contributed by atoms with van der Waals surface area (Å²) in [5.41, 5.74) is 0.693. The molecule has 0 aliphatic rings. The molecule has 1 atom stereocenters. The van der Waals surface area contributed by atoms with E-state index in [0.717, 1.165) is 4.47 Å². The highest BCUT2D eigenvalue weighted by atomic mass is 79.9. The molecule has 0 saturated carbocycles. The Morgan fingerprint density at radius 2 is 2.38 bits per heavy atom. The smallest absolute Gasteiger partial charge is 0.305 e. The molecule has 1 aromatic heterocycles. The maximum Gasteiger partial charge on any atom is 0.305 e. The number of aliphatic hydroxyl groups is 1. The van der Waals surface area contributed by atoms with Crippen LogP contribution in [0, 0.1) is 0 Å². The molecule has 0 aliphatic heterocycles. The molecule has 0 aliphatic carbocycles. The van der Waals surface area contributed by atoms with Gasteiger partial charge in [-0.25, -0.2) is 0 Å². The number of hydrogen-bond donors (Lipinski definition) is 1. The highest BCUT2D eigenvalue weighted by molar-refractivity contribution is 9.10.